The van der Waals surface area contributed by atoms with Crippen molar-refractivity contribution in [3.05, 3.63) is 44.3 Å². The van der Waals surface area contributed by atoms with Gasteiger partial charge in [0, 0.05) is 0 Å². The van der Waals surface area contributed by atoms with E-state index >= 15 is 0 Å². The van der Waals surface area contributed by atoms with Gasteiger partial charge in [-0.05, 0) is 0 Å². The Morgan fingerprint density at radius 1 is 0.676 bits per heavy atom. The Balaban J connectivity index is 1.40. The zero-order chi connectivity index (χ0) is 25.3. The fraction of sp³-hybridized carbons (Fsp3) is 0.467. The van der Waals surface area contributed by atoms with Gasteiger partial charge in [-0.15, -0.1) is 0 Å². The SMILES string of the molecule is O=C1c2[se]c3c4c(c5ccccc5c(c24)C(=S)N1CC1CCCCC1)C(=S)N(CC1CCCCC1)C3=O. The first-order valence-corrected chi connectivity index (χ1v) is 16.3. The van der Waals surface area contributed by atoms with Gasteiger partial charge in [-0.25, -0.2) is 0 Å². The van der Waals surface area contributed by atoms with Gasteiger partial charge in [0.2, 0.25) is 0 Å². The second-order valence-electron chi connectivity index (χ2n) is 11.3. The van der Waals surface area contributed by atoms with Gasteiger partial charge in [0.15, 0.2) is 0 Å². The molecule has 4 aliphatic rings. The molecule has 0 atom stereocenters. The molecule has 2 aliphatic carbocycles. The van der Waals surface area contributed by atoms with Crippen molar-refractivity contribution in [1.29, 1.82) is 0 Å². The number of fused-ring (bicyclic) bond motifs is 3. The first kappa shape index (κ1) is 24.1. The molecule has 190 valence electrons. The van der Waals surface area contributed by atoms with Crippen molar-refractivity contribution >= 4 is 82.3 Å². The quantitative estimate of drug-likeness (QED) is 0.257. The summed E-state index contributed by atoms with van der Waals surface area (Å²) in [4.78, 5) is 33.0. The van der Waals surface area contributed by atoms with E-state index in [1.165, 1.54) is 38.5 Å². The number of hydrogen-bond donors (Lipinski definition) is 0. The van der Waals surface area contributed by atoms with E-state index in [2.05, 4.69) is 12.1 Å². The third-order valence-electron chi connectivity index (χ3n) is 9.00. The van der Waals surface area contributed by atoms with Crippen molar-refractivity contribution < 1.29 is 9.59 Å². The first-order chi connectivity index (χ1) is 18.0. The van der Waals surface area contributed by atoms with E-state index in [9.17, 15) is 9.59 Å². The molecule has 7 rings (SSSR count). The van der Waals surface area contributed by atoms with Crippen molar-refractivity contribution in [1.82, 2.24) is 9.80 Å². The maximum atomic E-state index is 14.0. The monoisotopic (exact) mass is 594 g/mol. The van der Waals surface area contributed by atoms with E-state index in [0.29, 0.717) is 34.9 Å². The van der Waals surface area contributed by atoms with Gasteiger partial charge in [-0.3, -0.25) is 0 Å². The van der Waals surface area contributed by atoms with Crippen LogP contribution in [0.15, 0.2) is 24.3 Å². The molecule has 2 amide bonds. The molecule has 3 aromatic rings. The van der Waals surface area contributed by atoms with Crippen LogP contribution in [-0.2, 0) is 0 Å². The fourth-order valence-corrected chi connectivity index (χ4v) is 10.4. The molecular formula is C30H30N2O2S2Se. The van der Waals surface area contributed by atoms with Crippen LogP contribution in [-0.4, -0.2) is 59.2 Å². The summed E-state index contributed by atoms with van der Waals surface area (Å²) in [6.45, 7) is 1.38. The Morgan fingerprint density at radius 3 is 1.49 bits per heavy atom. The predicted molar refractivity (Wildman–Crippen MR) is 157 cm³/mol. The van der Waals surface area contributed by atoms with Crippen LogP contribution in [0.5, 0.6) is 0 Å². The molecule has 0 N–H and O–H groups in total. The number of amides is 2. The van der Waals surface area contributed by atoms with Crippen LogP contribution in [0.2, 0.25) is 0 Å². The number of carbonyl (C=O) groups excluding carboxylic acids is 2. The molecule has 0 spiro atoms. The molecule has 2 fully saturated rings. The summed E-state index contributed by atoms with van der Waals surface area (Å²) in [5.74, 6) is 1.05. The number of nitrogens with zero attached hydrogens (tertiary/aromatic N) is 2. The van der Waals surface area contributed by atoms with Crippen molar-refractivity contribution in [2.45, 2.75) is 64.2 Å². The van der Waals surface area contributed by atoms with Crippen molar-refractivity contribution in [3.63, 3.8) is 0 Å². The number of benzene rings is 2. The summed E-state index contributed by atoms with van der Waals surface area (Å²) in [5, 5.41) is 3.97. The number of rotatable bonds is 4. The number of hydrogen-bond acceptors (Lipinski definition) is 4. The average molecular weight is 594 g/mol. The second kappa shape index (κ2) is 9.37. The van der Waals surface area contributed by atoms with E-state index in [4.69, 9.17) is 24.4 Å². The molecule has 0 unspecified atom stereocenters. The summed E-state index contributed by atoms with van der Waals surface area (Å²) in [6, 6.07) is 8.33. The van der Waals surface area contributed by atoms with Gasteiger partial charge in [0.1, 0.15) is 0 Å². The van der Waals surface area contributed by atoms with Crippen molar-refractivity contribution in [2.24, 2.45) is 11.8 Å². The Hall–Kier alpha value is -1.92. The molecule has 2 aliphatic heterocycles. The van der Waals surface area contributed by atoms with Gasteiger partial charge in [-0.1, -0.05) is 0 Å². The van der Waals surface area contributed by atoms with Crippen LogP contribution in [0.4, 0.5) is 0 Å². The summed E-state index contributed by atoms with van der Waals surface area (Å²) < 4.78 is 1.61. The van der Waals surface area contributed by atoms with Crippen LogP contribution in [0.3, 0.4) is 0 Å². The Kier molecular flexibility index (Phi) is 6.12. The molecule has 0 saturated heterocycles. The number of carbonyl (C=O) groups is 2. The zero-order valence-corrected chi connectivity index (χ0v) is 24.2. The molecule has 0 bridgehead atoms. The van der Waals surface area contributed by atoms with Gasteiger partial charge < -0.3 is 0 Å². The third-order valence-corrected chi connectivity index (χ3v) is 12.3. The van der Waals surface area contributed by atoms with Crippen LogP contribution >= 0.6 is 24.4 Å². The topological polar surface area (TPSA) is 40.6 Å². The Morgan fingerprint density at radius 2 is 1.08 bits per heavy atom. The summed E-state index contributed by atoms with van der Waals surface area (Å²) in [5.41, 5.74) is 1.95. The molecule has 7 heteroatoms. The second-order valence-corrected chi connectivity index (χ2v) is 14.2. The summed E-state index contributed by atoms with van der Waals surface area (Å²) in [6.07, 6.45) is 12.1. The van der Waals surface area contributed by atoms with Crippen molar-refractivity contribution in [3.8, 4) is 0 Å². The van der Waals surface area contributed by atoms with Gasteiger partial charge in [0.25, 0.3) is 0 Å². The molecular weight excluding hydrogens is 563 g/mol. The molecule has 0 radical (unpaired) electrons. The molecule has 1 aromatic heterocycles. The standard InChI is InChI=1S/C30H30N2O2S2Se/c33-27-25-23-21(29(35)31(27)15-17-9-3-1-4-10-17)19-13-7-8-14-20(19)22-24(23)26(37-25)28(34)32(30(22)36)16-18-11-5-2-6-12-18/h7-8,13-14,17-18H,1-6,9-12,15-16H2. The summed E-state index contributed by atoms with van der Waals surface area (Å²) in [7, 11) is 0. The summed E-state index contributed by atoms with van der Waals surface area (Å²) >= 11 is 11.8. The van der Waals surface area contributed by atoms with Crippen LogP contribution < -0.4 is 0 Å². The van der Waals surface area contributed by atoms with Gasteiger partial charge in [-0.2, -0.15) is 0 Å². The fourth-order valence-electron chi connectivity index (χ4n) is 7.13. The minimum absolute atomic E-state index is 0.0278. The predicted octanol–water partition coefficient (Wildman–Crippen LogP) is 6.47. The Labute approximate surface area is 234 Å². The van der Waals surface area contributed by atoms with E-state index in [-0.39, 0.29) is 26.3 Å². The van der Waals surface area contributed by atoms with E-state index in [1.807, 2.05) is 21.9 Å². The molecule has 3 heterocycles. The van der Waals surface area contributed by atoms with Crippen molar-refractivity contribution in [2.75, 3.05) is 13.1 Å². The maximum absolute atomic E-state index is 14.0. The average Bonchev–Trinajstić information content (AvgIpc) is 3.32. The van der Waals surface area contributed by atoms with Crippen LogP contribution in [0.1, 0.15) is 93.8 Å². The van der Waals surface area contributed by atoms with Crippen LogP contribution in [0.25, 0.3) is 21.5 Å². The van der Waals surface area contributed by atoms with Gasteiger partial charge >= 0.3 is 235 Å². The zero-order valence-electron chi connectivity index (χ0n) is 20.9. The molecule has 2 aromatic carbocycles. The van der Waals surface area contributed by atoms with Gasteiger partial charge in [0.05, 0.1) is 0 Å². The normalized spacial score (nSPS) is 21.1. The van der Waals surface area contributed by atoms with Crippen LogP contribution in [0, 0.1) is 11.8 Å². The van der Waals surface area contributed by atoms with E-state index < -0.39 is 0 Å². The molecule has 37 heavy (non-hydrogen) atoms. The minimum atomic E-state index is -0.348. The molecule has 4 nitrogen and oxygen atoms in total. The Bertz CT molecular complexity index is 1390. The first-order valence-electron chi connectivity index (χ1n) is 13.8. The molecule has 2 saturated carbocycles. The van der Waals surface area contributed by atoms with E-state index in [1.54, 1.807) is 0 Å². The number of thiocarbonyl (C=S) groups is 2. The third kappa shape index (κ3) is 3.72. The van der Waals surface area contributed by atoms with E-state index in [0.717, 1.165) is 67.2 Å².